The van der Waals surface area contributed by atoms with Crippen molar-refractivity contribution in [2.24, 2.45) is 0 Å². The van der Waals surface area contributed by atoms with Crippen molar-refractivity contribution in [2.45, 2.75) is 19.3 Å². The van der Waals surface area contributed by atoms with Crippen LogP contribution in [0.25, 0.3) is 0 Å². The number of amides is 2. The van der Waals surface area contributed by atoms with Crippen LogP contribution in [0.15, 0.2) is 48.5 Å². The normalized spacial score (nSPS) is 10.1. The van der Waals surface area contributed by atoms with Gasteiger partial charge in [-0.3, -0.25) is 9.59 Å². The van der Waals surface area contributed by atoms with E-state index in [9.17, 15) is 9.59 Å². The standard InChI is InChI=1S/C21H26N2O4/c1-26-18-9-7-16(8-10-18)11-13-22-20(24)15-21(25)23-14-12-17-5-3-4-6-19(17)27-2/h3-10H,11-15H2,1-2H3,(H,22,24)(H,23,25). The van der Waals surface area contributed by atoms with Gasteiger partial charge in [0.25, 0.3) is 0 Å². The second-order valence-corrected chi connectivity index (χ2v) is 6.04. The van der Waals surface area contributed by atoms with Crippen LogP contribution in [0.1, 0.15) is 17.5 Å². The molecule has 0 saturated carbocycles. The molecule has 0 aliphatic heterocycles. The highest BCUT2D eigenvalue weighted by Crippen LogP contribution is 2.17. The van der Waals surface area contributed by atoms with Gasteiger partial charge in [0.1, 0.15) is 17.9 Å². The molecule has 6 nitrogen and oxygen atoms in total. The summed E-state index contributed by atoms with van der Waals surface area (Å²) in [7, 11) is 3.24. The number of hydrogen-bond donors (Lipinski definition) is 2. The van der Waals surface area contributed by atoms with Gasteiger partial charge in [-0.15, -0.1) is 0 Å². The average Bonchev–Trinajstić information content (AvgIpc) is 2.69. The molecular formula is C21H26N2O4. The number of rotatable bonds is 10. The van der Waals surface area contributed by atoms with Gasteiger partial charge >= 0.3 is 0 Å². The lowest BCUT2D eigenvalue weighted by molar-refractivity contribution is -0.129. The van der Waals surface area contributed by atoms with Crippen LogP contribution in [0, 0.1) is 0 Å². The summed E-state index contributed by atoms with van der Waals surface area (Å²) in [5.74, 6) is 1.03. The topological polar surface area (TPSA) is 76.7 Å². The largest absolute Gasteiger partial charge is 0.497 e. The molecule has 2 aromatic rings. The van der Waals surface area contributed by atoms with Crippen LogP contribution in [0.3, 0.4) is 0 Å². The summed E-state index contributed by atoms with van der Waals surface area (Å²) in [6.07, 6.45) is 1.18. The van der Waals surface area contributed by atoms with Gasteiger partial charge in [0.05, 0.1) is 14.2 Å². The van der Waals surface area contributed by atoms with E-state index in [0.29, 0.717) is 25.9 Å². The van der Waals surface area contributed by atoms with Crippen LogP contribution in [0.2, 0.25) is 0 Å². The molecule has 0 saturated heterocycles. The molecule has 2 aromatic carbocycles. The summed E-state index contributed by atoms with van der Waals surface area (Å²) in [5, 5.41) is 5.53. The van der Waals surface area contributed by atoms with Crippen molar-refractivity contribution in [3.63, 3.8) is 0 Å². The molecule has 0 atom stereocenters. The van der Waals surface area contributed by atoms with E-state index in [1.165, 1.54) is 0 Å². The Kier molecular flexibility index (Phi) is 8.16. The minimum Gasteiger partial charge on any atom is -0.497 e. The maximum atomic E-state index is 11.9. The summed E-state index contributed by atoms with van der Waals surface area (Å²) < 4.78 is 10.4. The minimum atomic E-state index is -0.285. The second-order valence-electron chi connectivity index (χ2n) is 6.04. The van der Waals surface area contributed by atoms with Gasteiger partial charge in [0.2, 0.25) is 11.8 Å². The summed E-state index contributed by atoms with van der Waals surface area (Å²) in [4.78, 5) is 23.8. The molecule has 0 bridgehead atoms. The number of methoxy groups -OCH3 is 2. The van der Waals surface area contributed by atoms with Crippen molar-refractivity contribution in [1.82, 2.24) is 10.6 Å². The van der Waals surface area contributed by atoms with Crippen molar-refractivity contribution in [3.8, 4) is 11.5 Å². The summed E-state index contributed by atoms with van der Waals surface area (Å²) in [6.45, 7) is 0.942. The third-order valence-electron chi connectivity index (χ3n) is 4.13. The zero-order valence-electron chi connectivity index (χ0n) is 15.8. The first kappa shape index (κ1) is 20.3. The van der Waals surface area contributed by atoms with E-state index >= 15 is 0 Å². The van der Waals surface area contributed by atoms with Crippen LogP contribution in [-0.2, 0) is 22.4 Å². The predicted octanol–water partition coefficient (Wildman–Crippen LogP) is 2.11. The molecule has 0 radical (unpaired) electrons. The molecule has 0 spiro atoms. The van der Waals surface area contributed by atoms with Crippen LogP contribution >= 0.6 is 0 Å². The Morgan fingerprint density at radius 1 is 0.815 bits per heavy atom. The molecule has 6 heteroatoms. The molecule has 144 valence electrons. The number of para-hydroxylation sites is 1. The monoisotopic (exact) mass is 370 g/mol. The SMILES string of the molecule is COc1ccc(CCNC(=O)CC(=O)NCCc2ccccc2OC)cc1. The van der Waals surface area contributed by atoms with Gasteiger partial charge in [-0.25, -0.2) is 0 Å². The summed E-state index contributed by atoms with van der Waals surface area (Å²) in [6, 6.07) is 15.3. The number of hydrogen-bond acceptors (Lipinski definition) is 4. The first-order chi connectivity index (χ1) is 13.1. The van der Waals surface area contributed by atoms with Gasteiger partial charge in [-0.05, 0) is 42.2 Å². The number of benzene rings is 2. The molecule has 2 rings (SSSR count). The molecule has 27 heavy (non-hydrogen) atoms. The second kappa shape index (κ2) is 10.9. The third-order valence-corrected chi connectivity index (χ3v) is 4.13. The highest BCUT2D eigenvalue weighted by atomic mass is 16.5. The van der Waals surface area contributed by atoms with Gasteiger partial charge < -0.3 is 20.1 Å². The molecular weight excluding hydrogens is 344 g/mol. The van der Waals surface area contributed by atoms with Gasteiger partial charge in [0, 0.05) is 13.1 Å². The Balaban J connectivity index is 1.64. The zero-order valence-corrected chi connectivity index (χ0v) is 15.8. The Bertz CT molecular complexity index is 744. The van der Waals surface area contributed by atoms with Crippen LogP contribution in [0.4, 0.5) is 0 Å². The fourth-order valence-electron chi connectivity index (χ4n) is 2.66. The molecule has 2 amide bonds. The predicted molar refractivity (Wildman–Crippen MR) is 104 cm³/mol. The Hall–Kier alpha value is -3.02. The highest BCUT2D eigenvalue weighted by molar-refractivity contribution is 5.96. The molecule has 0 aliphatic rings. The Labute approximate surface area is 159 Å². The van der Waals surface area contributed by atoms with Crippen molar-refractivity contribution < 1.29 is 19.1 Å². The van der Waals surface area contributed by atoms with Gasteiger partial charge in [-0.2, -0.15) is 0 Å². The first-order valence-corrected chi connectivity index (χ1v) is 8.90. The quantitative estimate of drug-likeness (QED) is 0.628. The van der Waals surface area contributed by atoms with Gasteiger partial charge in [-0.1, -0.05) is 30.3 Å². The first-order valence-electron chi connectivity index (χ1n) is 8.90. The molecule has 2 N–H and O–H groups in total. The summed E-state index contributed by atoms with van der Waals surface area (Å²) >= 11 is 0. The Morgan fingerprint density at radius 2 is 1.44 bits per heavy atom. The summed E-state index contributed by atoms with van der Waals surface area (Å²) in [5.41, 5.74) is 2.11. The lowest BCUT2D eigenvalue weighted by Crippen LogP contribution is -2.33. The highest BCUT2D eigenvalue weighted by Gasteiger charge is 2.09. The number of carbonyl (C=O) groups excluding carboxylic acids is 2. The van der Waals surface area contributed by atoms with E-state index in [1.54, 1.807) is 14.2 Å². The number of ether oxygens (including phenoxy) is 2. The molecule has 0 aliphatic carbocycles. The van der Waals surface area contributed by atoms with E-state index < -0.39 is 0 Å². The van der Waals surface area contributed by atoms with E-state index in [-0.39, 0.29) is 18.2 Å². The average molecular weight is 370 g/mol. The van der Waals surface area contributed by atoms with E-state index in [1.807, 2.05) is 48.5 Å². The smallest absolute Gasteiger partial charge is 0.229 e. The fourth-order valence-corrected chi connectivity index (χ4v) is 2.66. The fraction of sp³-hybridized carbons (Fsp3) is 0.333. The van der Waals surface area contributed by atoms with Crippen molar-refractivity contribution in [1.29, 1.82) is 0 Å². The minimum absolute atomic E-state index is 0.172. The van der Waals surface area contributed by atoms with Crippen molar-refractivity contribution in [2.75, 3.05) is 27.3 Å². The van der Waals surface area contributed by atoms with Crippen molar-refractivity contribution >= 4 is 11.8 Å². The van der Waals surface area contributed by atoms with E-state index in [2.05, 4.69) is 10.6 Å². The maximum absolute atomic E-state index is 11.9. The van der Waals surface area contributed by atoms with Crippen LogP contribution in [-0.4, -0.2) is 39.1 Å². The number of nitrogens with one attached hydrogen (secondary N) is 2. The van der Waals surface area contributed by atoms with Crippen LogP contribution in [0.5, 0.6) is 11.5 Å². The van der Waals surface area contributed by atoms with E-state index in [4.69, 9.17) is 9.47 Å². The van der Waals surface area contributed by atoms with E-state index in [0.717, 1.165) is 22.6 Å². The molecule has 0 heterocycles. The molecule has 0 unspecified atom stereocenters. The zero-order chi connectivity index (χ0) is 19.5. The van der Waals surface area contributed by atoms with Crippen molar-refractivity contribution in [3.05, 3.63) is 59.7 Å². The Morgan fingerprint density at radius 3 is 2.07 bits per heavy atom. The molecule has 0 fully saturated rings. The molecule has 0 aromatic heterocycles. The lowest BCUT2D eigenvalue weighted by Gasteiger charge is -2.09. The number of carbonyl (C=O) groups is 2. The maximum Gasteiger partial charge on any atom is 0.229 e. The lowest BCUT2D eigenvalue weighted by atomic mass is 10.1. The van der Waals surface area contributed by atoms with Crippen LogP contribution < -0.4 is 20.1 Å². The third kappa shape index (κ3) is 7.01. The van der Waals surface area contributed by atoms with Gasteiger partial charge in [0.15, 0.2) is 0 Å².